The molecule has 1 aromatic rings. The Hall–Kier alpha value is -0.840. The largest absolute Gasteiger partial charge is 0.416 e. The summed E-state index contributed by atoms with van der Waals surface area (Å²) in [5, 5.41) is 0.118. The Labute approximate surface area is 116 Å². The summed E-state index contributed by atoms with van der Waals surface area (Å²) in [5.74, 6) is 0. The zero-order valence-corrected chi connectivity index (χ0v) is 12.7. The van der Waals surface area contributed by atoms with E-state index in [9.17, 15) is 17.7 Å². The van der Waals surface area contributed by atoms with Gasteiger partial charge in [-0.2, -0.15) is 13.2 Å². The van der Waals surface area contributed by atoms with Crippen molar-refractivity contribution in [3.05, 3.63) is 29.8 Å². The number of benzene rings is 1. The highest BCUT2D eigenvalue weighted by atomic mass is 31.2. The van der Waals surface area contributed by atoms with E-state index < -0.39 is 19.3 Å². The van der Waals surface area contributed by atoms with Crippen LogP contribution in [0.3, 0.4) is 0 Å². The molecule has 0 fully saturated rings. The van der Waals surface area contributed by atoms with Gasteiger partial charge in [-0.1, -0.05) is 0 Å². The van der Waals surface area contributed by atoms with E-state index in [-0.39, 0.29) is 17.5 Å². The molecular formula is C13H18F3O3P. The van der Waals surface area contributed by atoms with Gasteiger partial charge in [-0.25, -0.2) is 0 Å². The molecular weight excluding hydrogens is 292 g/mol. The van der Waals surface area contributed by atoms with Crippen LogP contribution in [-0.2, 0) is 19.8 Å². The van der Waals surface area contributed by atoms with Crippen molar-refractivity contribution in [2.24, 2.45) is 0 Å². The van der Waals surface area contributed by atoms with Crippen LogP contribution in [-0.4, -0.2) is 12.2 Å². The number of hydrogen-bond donors (Lipinski definition) is 0. The topological polar surface area (TPSA) is 35.5 Å². The van der Waals surface area contributed by atoms with Gasteiger partial charge in [0.05, 0.1) is 23.1 Å². The quantitative estimate of drug-likeness (QED) is 0.757. The van der Waals surface area contributed by atoms with Crippen LogP contribution in [0.1, 0.15) is 33.3 Å². The molecule has 0 saturated heterocycles. The van der Waals surface area contributed by atoms with E-state index in [1.807, 2.05) is 0 Å². The second-order valence-electron chi connectivity index (χ2n) is 4.85. The first-order valence-electron chi connectivity index (χ1n) is 6.19. The molecule has 0 aliphatic carbocycles. The van der Waals surface area contributed by atoms with E-state index >= 15 is 0 Å². The van der Waals surface area contributed by atoms with Crippen LogP contribution in [0, 0.1) is 0 Å². The highest BCUT2D eigenvalue weighted by Crippen LogP contribution is 2.49. The van der Waals surface area contributed by atoms with Crippen LogP contribution in [0.25, 0.3) is 0 Å². The maximum atomic E-state index is 12.7. The van der Waals surface area contributed by atoms with Gasteiger partial charge in [-0.15, -0.1) is 0 Å². The minimum absolute atomic E-state index is 0.118. The van der Waals surface area contributed by atoms with Gasteiger partial charge in [0.2, 0.25) is 0 Å². The van der Waals surface area contributed by atoms with Crippen molar-refractivity contribution in [3.8, 4) is 0 Å². The molecule has 0 aromatic heterocycles. The Kier molecular flexibility index (Phi) is 5.41. The molecule has 0 N–H and O–H groups in total. The first-order chi connectivity index (χ1) is 9.04. The van der Waals surface area contributed by atoms with Crippen molar-refractivity contribution in [1.29, 1.82) is 0 Å². The van der Waals surface area contributed by atoms with Gasteiger partial charge >= 0.3 is 13.8 Å². The van der Waals surface area contributed by atoms with Gasteiger partial charge in [0, 0.05) is 0 Å². The summed E-state index contributed by atoms with van der Waals surface area (Å²) in [5.41, 5.74) is -0.804. The van der Waals surface area contributed by atoms with Crippen LogP contribution in [0.5, 0.6) is 0 Å². The fraction of sp³-hybridized carbons (Fsp3) is 0.538. The summed E-state index contributed by atoms with van der Waals surface area (Å²) in [4.78, 5) is 0. The number of halogens is 3. The Bertz CT molecular complexity index is 467. The lowest BCUT2D eigenvalue weighted by Gasteiger charge is -2.23. The smallest absolute Gasteiger partial charge is 0.302 e. The Morgan fingerprint density at radius 2 is 1.35 bits per heavy atom. The van der Waals surface area contributed by atoms with Gasteiger partial charge < -0.3 is 9.05 Å². The highest BCUT2D eigenvalue weighted by molar-refractivity contribution is 7.62. The molecule has 0 aliphatic heterocycles. The SMILES string of the molecule is CC(C)OP(=O)(OC(C)C)c1ccc(C(F)(F)F)cc1. The third-order valence-electron chi connectivity index (χ3n) is 2.21. The molecule has 0 bridgehead atoms. The predicted octanol–water partition coefficient (Wildman–Crippen LogP) is 4.37. The van der Waals surface area contributed by atoms with E-state index in [0.29, 0.717) is 0 Å². The average Bonchev–Trinajstić information content (AvgIpc) is 2.25. The zero-order valence-electron chi connectivity index (χ0n) is 11.8. The van der Waals surface area contributed by atoms with Crippen molar-refractivity contribution >= 4 is 12.9 Å². The predicted molar refractivity (Wildman–Crippen MR) is 71.1 cm³/mol. The van der Waals surface area contributed by atoms with Gasteiger partial charge in [-0.3, -0.25) is 4.57 Å². The van der Waals surface area contributed by atoms with Gasteiger partial charge in [0.25, 0.3) is 0 Å². The molecule has 0 atom stereocenters. The third kappa shape index (κ3) is 4.62. The Balaban J connectivity index is 3.12. The van der Waals surface area contributed by atoms with Crippen LogP contribution >= 0.6 is 7.60 Å². The summed E-state index contributed by atoms with van der Waals surface area (Å²) in [7, 11) is -3.62. The van der Waals surface area contributed by atoms with Crippen molar-refractivity contribution in [1.82, 2.24) is 0 Å². The van der Waals surface area contributed by atoms with Crippen molar-refractivity contribution < 1.29 is 26.8 Å². The molecule has 0 amide bonds. The number of hydrogen-bond acceptors (Lipinski definition) is 3. The van der Waals surface area contributed by atoms with Gasteiger partial charge in [0.1, 0.15) is 0 Å². The maximum Gasteiger partial charge on any atom is 0.416 e. The Morgan fingerprint density at radius 3 is 1.65 bits per heavy atom. The average molecular weight is 310 g/mol. The minimum Gasteiger partial charge on any atom is -0.302 e. The molecule has 7 heteroatoms. The molecule has 114 valence electrons. The molecule has 20 heavy (non-hydrogen) atoms. The summed E-state index contributed by atoms with van der Waals surface area (Å²) in [6, 6.07) is 4.01. The second kappa shape index (κ2) is 6.29. The fourth-order valence-electron chi connectivity index (χ4n) is 1.53. The van der Waals surface area contributed by atoms with Crippen LogP contribution in [0.15, 0.2) is 24.3 Å². The highest BCUT2D eigenvalue weighted by Gasteiger charge is 2.33. The normalized spacial score (nSPS) is 13.2. The molecule has 0 unspecified atom stereocenters. The van der Waals surface area contributed by atoms with E-state index in [1.54, 1.807) is 27.7 Å². The monoisotopic (exact) mass is 310 g/mol. The standard InChI is InChI=1S/C13H18F3O3P/c1-9(2)18-20(17,19-10(3)4)12-7-5-11(6-8-12)13(14,15)16/h5-10H,1-4H3. The lowest BCUT2D eigenvalue weighted by Crippen LogP contribution is -2.17. The van der Waals surface area contributed by atoms with Crippen molar-refractivity contribution in [2.75, 3.05) is 0 Å². The van der Waals surface area contributed by atoms with Gasteiger partial charge in [-0.05, 0) is 52.0 Å². The third-order valence-corrected chi connectivity index (χ3v) is 4.54. The Morgan fingerprint density at radius 1 is 0.950 bits per heavy atom. The van der Waals surface area contributed by atoms with Crippen LogP contribution in [0.2, 0.25) is 0 Å². The molecule has 1 aromatic carbocycles. The fourth-order valence-corrected chi connectivity index (χ4v) is 3.45. The molecule has 0 saturated carbocycles. The second-order valence-corrected chi connectivity index (χ2v) is 6.78. The van der Waals surface area contributed by atoms with Gasteiger partial charge in [0.15, 0.2) is 0 Å². The summed E-state index contributed by atoms with van der Waals surface area (Å²) >= 11 is 0. The van der Waals surface area contributed by atoms with E-state index in [1.165, 1.54) is 0 Å². The van der Waals surface area contributed by atoms with E-state index in [0.717, 1.165) is 24.3 Å². The minimum atomic E-state index is -4.43. The van der Waals surface area contributed by atoms with E-state index in [4.69, 9.17) is 9.05 Å². The first-order valence-corrected chi connectivity index (χ1v) is 7.73. The van der Waals surface area contributed by atoms with Crippen molar-refractivity contribution in [2.45, 2.75) is 46.1 Å². The van der Waals surface area contributed by atoms with Crippen molar-refractivity contribution in [3.63, 3.8) is 0 Å². The summed E-state index contributed by atoms with van der Waals surface area (Å²) < 4.78 is 60.8. The lowest BCUT2D eigenvalue weighted by atomic mass is 10.2. The first kappa shape index (κ1) is 17.2. The number of alkyl halides is 3. The zero-order chi connectivity index (χ0) is 15.6. The summed E-state index contributed by atoms with van der Waals surface area (Å²) in [6.45, 7) is 6.72. The lowest BCUT2D eigenvalue weighted by molar-refractivity contribution is -0.137. The molecule has 0 spiro atoms. The molecule has 0 heterocycles. The van der Waals surface area contributed by atoms with Crippen LogP contribution < -0.4 is 5.30 Å². The van der Waals surface area contributed by atoms with Crippen LogP contribution in [0.4, 0.5) is 13.2 Å². The summed E-state index contributed by atoms with van der Waals surface area (Å²) in [6.07, 6.45) is -5.18. The maximum absolute atomic E-state index is 12.7. The molecule has 0 radical (unpaired) electrons. The molecule has 0 aliphatic rings. The van der Waals surface area contributed by atoms with E-state index in [2.05, 4.69) is 0 Å². The number of rotatable bonds is 5. The molecule has 1 rings (SSSR count). The molecule has 3 nitrogen and oxygen atoms in total.